The number of halogens is 1. The number of rotatable bonds is 5. The first-order valence-corrected chi connectivity index (χ1v) is 8.50. The zero-order valence-electron chi connectivity index (χ0n) is 12.0. The van der Waals surface area contributed by atoms with Gasteiger partial charge < -0.3 is 15.3 Å². The minimum Gasteiger partial charge on any atom is -0.481 e. The number of hydrogen-bond donors (Lipinski definition) is 2. The van der Waals surface area contributed by atoms with Crippen molar-refractivity contribution in [3.05, 3.63) is 20.8 Å². The van der Waals surface area contributed by atoms with Crippen molar-refractivity contribution >= 4 is 45.1 Å². The number of nitrogens with zero attached hydrogens (tertiary/aromatic N) is 1. The SMILES string of the molecule is CN(CC(=O)N[C@H]1CC[C@@H](C(=O)O)C1)C(=O)c1ccc(Br)s1. The lowest BCUT2D eigenvalue weighted by Gasteiger charge is -2.18. The number of carbonyl (C=O) groups excluding carboxylic acids is 2. The summed E-state index contributed by atoms with van der Waals surface area (Å²) in [6, 6.07) is 3.38. The molecular formula is C14H17BrN2O4S. The average molecular weight is 389 g/mol. The maximum absolute atomic E-state index is 12.1. The van der Waals surface area contributed by atoms with Crippen molar-refractivity contribution in [2.75, 3.05) is 13.6 Å². The summed E-state index contributed by atoms with van der Waals surface area (Å²) < 4.78 is 0.861. The molecule has 0 radical (unpaired) electrons. The maximum Gasteiger partial charge on any atom is 0.306 e. The summed E-state index contributed by atoms with van der Waals surface area (Å²) in [6.07, 6.45) is 1.70. The number of nitrogens with one attached hydrogen (secondary N) is 1. The van der Waals surface area contributed by atoms with Crippen LogP contribution in [0, 0.1) is 5.92 Å². The number of carbonyl (C=O) groups is 3. The van der Waals surface area contributed by atoms with E-state index in [0.29, 0.717) is 24.1 Å². The fraction of sp³-hybridized carbons (Fsp3) is 0.500. The van der Waals surface area contributed by atoms with Crippen LogP contribution in [-0.4, -0.2) is 47.4 Å². The van der Waals surface area contributed by atoms with Gasteiger partial charge in [0.25, 0.3) is 5.91 Å². The van der Waals surface area contributed by atoms with E-state index in [1.165, 1.54) is 16.2 Å². The Morgan fingerprint density at radius 1 is 1.41 bits per heavy atom. The van der Waals surface area contributed by atoms with Gasteiger partial charge in [-0.15, -0.1) is 11.3 Å². The van der Waals surface area contributed by atoms with Gasteiger partial charge in [-0.1, -0.05) is 0 Å². The first-order valence-electron chi connectivity index (χ1n) is 6.89. The highest BCUT2D eigenvalue weighted by Crippen LogP contribution is 2.26. The summed E-state index contributed by atoms with van der Waals surface area (Å²) in [6.45, 7) is -0.0391. The van der Waals surface area contributed by atoms with Crippen molar-refractivity contribution in [3.63, 3.8) is 0 Å². The number of aliphatic carboxylic acids is 1. The zero-order valence-corrected chi connectivity index (χ0v) is 14.4. The quantitative estimate of drug-likeness (QED) is 0.806. The number of thiophene rings is 1. The predicted octanol–water partition coefficient (Wildman–Crippen LogP) is 1.95. The first-order chi connectivity index (χ1) is 10.4. The van der Waals surface area contributed by atoms with Gasteiger partial charge in [0.1, 0.15) is 0 Å². The second kappa shape index (κ2) is 7.23. The van der Waals surface area contributed by atoms with Crippen LogP contribution in [0.3, 0.4) is 0 Å². The molecule has 0 aromatic carbocycles. The summed E-state index contributed by atoms with van der Waals surface area (Å²) in [4.78, 5) is 36.9. The Morgan fingerprint density at radius 3 is 2.68 bits per heavy atom. The van der Waals surface area contributed by atoms with Gasteiger partial charge in [0.2, 0.25) is 5.91 Å². The first kappa shape index (κ1) is 17.0. The van der Waals surface area contributed by atoms with Crippen LogP contribution in [-0.2, 0) is 9.59 Å². The molecule has 0 spiro atoms. The largest absolute Gasteiger partial charge is 0.481 e. The van der Waals surface area contributed by atoms with Gasteiger partial charge >= 0.3 is 5.97 Å². The second-order valence-corrected chi connectivity index (χ2v) is 7.84. The van der Waals surface area contributed by atoms with Crippen molar-refractivity contribution in [1.82, 2.24) is 10.2 Å². The van der Waals surface area contributed by atoms with Gasteiger partial charge in [-0.05, 0) is 47.3 Å². The van der Waals surface area contributed by atoms with Crippen molar-refractivity contribution in [2.24, 2.45) is 5.92 Å². The molecule has 22 heavy (non-hydrogen) atoms. The highest BCUT2D eigenvalue weighted by atomic mass is 79.9. The topological polar surface area (TPSA) is 86.7 Å². The molecule has 120 valence electrons. The van der Waals surface area contributed by atoms with E-state index in [9.17, 15) is 14.4 Å². The lowest BCUT2D eigenvalue weighted by Crippen LogP contribution is -2.42. The van der Waals surface area contributed by atoms with Crippen LogP contribution in [0.15, 0.2) is 15.9 Å². The second-order valence-electron chi connectivity index (χ2n) is 5.38. The Bertz CT molecular complexity index is 589. The number of hydrogen-bond acceptors (Lipinski definition) is 4. The van der Waals surface area contributed by atoms with Gasteiger partial charge in [-0.3, -0.25) is 14.4 Å². The Kier molecular flexibility index (Phi) is 5.57. The third-order valence-corrected chi connectivity index (χ3v) is 5.27. The molecule has 1 fully saturated rings. The van der Waals surface area contributed by atoms with Gasteiger partial charge in [0.15, 0.2) is 0 Å². The smallest absolute Gasteiger partial charge is 0.306 e. The number of likely N-dealkylation sites (N-methyl/N-ethyl adjacent to an activating group) is 1. The molecule has 0 saturated heterocycles. The molecule has 1 aromatic rings. The van der Waals surface area contributed by atoms with E-state index in [0.717, 1.165) is 3.79 Å². The molecule has 6 nitrogen and oxygen atoms in total. The lowest BCUT2D eigenvalue weighted by atomic mass is 10.1. The highest BCUT2D eigenvalue weighted by molar-refractivity contribution is 9.11. The molecule has 2 amide bonds. The van der Waals surface area contributed by atoms with Gasteiger partial charge in [0, 0.05) is 13.1 Å². The monoisotopic (exact) mass is 388 g/mol. The Labute approximate surface area is 140 Å². The van der Waals surface area contributed by atoms with Crippen LogP contribution in [0.2, 0.25) is 0 Å². The summed E-state index contributed by atoms with van der Waals surface area (Å²) in [5.41, 5.74) is 0. The Hall–Kier alpha value is -1.41. The molecule has 1 heterocycles. The fourth-order valence-corrected chi connectivity index (χ4v) is 3.90. The molecule has 1 aliphatic carbocycles. The van der Waals surface area contributed by atoms with Crippen LogP contribution in [0.4, 0.5) is 0 Å². The third-order valence-electron chi connectivity index (χ3n) is 3.66. The molecule has 1 saturated carbocycles. The summed E-state index contributed by atoms with van der Waals surface area (Å²) >= 11 is 4.61. The highest BCUT2D eigenvalue weighted by Gasteiger charge is 2.30. The van der Waals surface area contributed by atoms with Gasteiger partial charge in [0.05, 0.1) is 21.1 Å². The van der Waals surface area contributed by atoms with Crippen LogP contribution in [0.25, 0.3) is 0 Å². The van der Waals surface area contributed by atoms with Crippen LogP contribution in [0.5, 0.6) is 0 Å². The van der Waals surface area contributed by atoms with Crippen LogP contribution < -0.4 is 5.32 Å². The van der Waals surface area contributed by atoms with E-state index >= 15 is 0 Å². The molecule has 2 atom stereocenters. The molecule has 0 bridgehead atoms. The van der Waals surface area contributed by atoms with E-state index < -0.39 is 5.97 Å². The molecule has 1 aliphatic rings. The van der Waals surface area contributed by atoms with Crippen molar-refractivity contribution in [3.8, 4) is 0 Å². The Morgan fingerprint density at radius 2 is 2.14 bits per heavy atom. The number of amides is 2. The van der Waals surface area contributed by atoms with Gasteiger partial charge in [-0.25, -0.2) is 0 Å². The summed E-state index contributed by atoms with van der Waals surface area (Å²) in [7, 11) is 1.57. The Balaban J connectivity index is 1.82. The summed E-state index contributed by atoms with van der Waals surface area (Å²) in [5, 5.41) is 11.7. The molecular weight excluding hydrogens is 372 g/mol. The van der Waals surface area contributed by atoms with Gasteiger partial charge in [-0.2, -0.15) is 0 Å². The molecule has 1 aromatic heterocycles. The zero-order chi connectivity index (χ0) is 16.3. The minimum atomic E-state index is -0.813. The molecule has 0 aliphatic heterocycles. The van der Waals surface area contributed by atoms with Crippen molar-refractivity contribution < 1.29 is 19.5 Å². The molecule has 0 unspecified atom stereocenters. The third kappa shape index (κ3) is 4.30. The van der Waals surface area contributed by atoms with Crippen LogP contribution in [0.1, 0.15) is 28.9 Å². The lowest BCUT2D eigenvalue weighted by molar-refractivity contribution is -0.141. The predicted molar refractivity (Wildman–Crippen MR) is 85.9 cm³/mol. The normalized spacial score (nSPS) is 20.6. The molecule has 8 heteroatoms. The van der Waals surface area contributed by atoms with E-state index in [2.05, 4.69) is 21.2 Å². The number of carboxylic acids is 1. The molecule has 2 N–H and O–H groups in total. The standard InChI is InChI=1S/C14H17BrN2O4S/c1-17(13(19)10-4-5-11(15)22-10)7-12(18)16-9-3-2-8(6-9)14(20)21/h4-5,8-9H,2-3,6-7H2,1H3,(H,16,18)(H,20,21)/t8-,9+/m1/s1. The maximum atomic E-state index is 12.1. The van der Waals surface area contributed by atoms with E-state index in [4.69, 9.17) is 5.11 Å². The fourth-order valence-electron chi connectivity index (χ4n) is 2.51. The summed E-state index contributed by atoms with van der Waals surface area (Å²) in [5.74, 6) is -1.66. The minimum absolute atomic E-state index is 0.0391. The van der Waals surface area contributed by atoms with Crippen molar-refractivity contribution in [1.29, 1.82) is 0 Å². The van der Waals surface area contributed by atoms with Crippen LogP contribution >= 0.6 is 27.3 Å². The number of carboxylic acid groups (broad SMARTS) is 1. The average Bonchev–Trinajstić information content (AvgIpc) is 3.06. The molecule has 2 rings (SSSR count). The van der Waals surface area contributed by atoms with E-state index in [-0.39, 0.29) is 30.3 Å². The van der Waals surface area contributed by atoms with E-state index in [1.54, 1.807) is 19.2 Å². The van der Waals surface area contributed by atoms with Crippen molar-refractivity contribution in [2.45, 2.75) is 25.3 Å². The van der Waals surface area contributed by atoms with E-state index in [1.807, 2.05) is 0 Å².